The van der Waals surface area contributed by atoms with Crippen LogP contribution in [-0.2, 0) is 14.3 Å². The molecule has 1 atom stereocenters. The lowest BCUT2D eigenvalue weighted by Crippen LogP contribution is -2.27. The van der Waals surface area contributed by atoms with E-state index in [9.17, 15) is 9.90 Å². The van der Waals surface area contributed by atoms with Crippen LogP contribution in [0.2, 0.25) is 0 Å². The molecule has 0 aliphatic carbocycles. The lowest BCUT2D eigenvalue weighted by atomic mass is 10.1. The van der Waals surface area contributed by atoms with E-state index in [1.54, 1.807) is 0 Å². The molecule has 0 aromatic carbocycles. The second-order valence-corrected chi connectivity index (χ2v) is 15.1. The Labute approximate surface area is 364 Å². The van der Waals surface area contributed by atoms with Crippen LogP contribution in [0.5, 0.6) is 0 Å². The predicted molar refractivity (Wildman–Crippen MR) is 260 cm³/mol. The molecule has 0 saturated heterocycles. The van der Waals surface area contributed by atoms with Gasteiger partial charge in [0.2, 0.25) is 0 Å². The second-order valence-electron chi connectivity index (χ2n) is 15.1. The van der Waals surface area contributed by atoms with Gasteiger partial charge in [-0.25, -0.2) is 0 Å². The van der Waals surface area contributed by atoms with Crippen LogP contribution in [0.3, 0.4) is 0 Å². The summed E-state index contributed by atoms with van der Waals surface area (Å²) < 4.78 is 11.2. The fourth-order valence-electron chi connectivity index (χ4n) is 6.00. The fraction of sp³-hybridized carbons (Fsp3) is 0.582. The van der Waals surface area contributed by atoms with Crippen LogP contribution in [-0.4, -0.2) is 37.0 Å². The van der Waals surface area contributed by atoms with Gasteiger partial charge in [-0.15, -0.1) is 0 Å². The zero-order valence-electron chi connectivity index (χ0n) is 38.0. The Hall–Kier alpha value is -3.47. The molecule has 1 N–H and O–H groups in total. The van der Waals surface area contributed by atoms with E-state index in [4.69, 9.17) is 9.47 Å². The molecule has 0 bridgehead atoms. The standard InChI is InChI=1S/C55H88O4/c1-3-5-7-9-11-13-15-17-19-21-23-25-26-27-28-29-31-33-35-37-39-41-43-45-47-49-51-58-53-54(52-56)59-55(57)50-48-46-44-42-40-38-36-34-32-30-24-22-20-18-16-14-12-10-8-6-4-2/h5-8,11-14,17-20,23-25,27-28,30-31,33-34,36,54,56H,3-4,9-10,15-16,21-22,26,29,32,35,37-53H2,1-2H3/b7-5-,8-6-,13-11-,14-12-,19-17-,20-18-,25-23-,28-27-,30-24-,33-31-,36-34-. The van der Waals surface area contributed by atoms with E-state index >= 15 is 0 Å². The Morgan fingerprint density at radius 3 is 1.07 bits per heavy atom. The number of rotatable bonds is 42. The van der Waals surface area contributed by atoms with Crippen LogP contribution >= 0.6 is 0 Å². The molecule has 59 heavy (non-hydrogen) atoms. The Bertz CT molecular complexity index is 1220. The number of hydrogen-bond acceptors (Lipinski definition) is 4. The number of esters is 1. The number of aliphatic hydroxyl groups excluding tert-OH is 1. The van der Waals surface area contributed by atoms with Crippen LogP contribution in [0.15, 0.2) is 134 Å². The molecule has 0 aliphatic heterocycles. The number of aliphatic hydroxyl groups is 1. The minimum Gasteiger partial charge on any atom is -0.457 e. The largest absolute Gasteiger partial charge is 0.457 e. The Kier molecular flexibility index (Phi) is 47.7. The second kappa shape index (κ2) is 50.7. The molecule has 0 saturated carbocycles. The lowest BCUT2D eigenvalue weighted by molar-refractivity contribution is -0.154. The SMILES string of the molecule is CC/C=C\C/C=C\C/C=C\C/C=C\C/C=C\C/C=C\CCCCCCCCCOCC(CO)OC(=O)CCCCCCC/C=C\C/C=C\C/C=C\C/C=C\C/C=C\CC. The summed E-state index contributed by atoms with van der Waals surface area (Å²) in [5, 5.41) is 9.64. The van der Waals surface area contributed by atoms with Crippen molar-refractivity contribution < 1.29 is 19.4 Å². The quantitative estimate of drug-likeness (QED) is 0.0379. The number of ether oxygens (including phenoxy) is 2. The average molecular weight is 813 g/mol. The van der Waals surface area contributed by atoms with Gasteiger partial charge >= 0.3 is 5.97 Å². The number of carbonyl (C=O) groups excluding carboxylic acids is 1. The zero-order chi connectivity index (χ0) is 42.6. The molecule has 332 valence electrons. The van der Waals surface area contributed by atoms with Gasteiger partial charge in [0.25, 0.3) is 0 Å². The number of carbonyl (C=O) groups is 1. The number of unbranched alkanes of at least 4 members (excludes halogenated alkanes) is 12. The number of allylic oxidation sites excluding steroid dienone is 22. The van der Waals surface area contributed by atoms with Crippen molar-refractivity contribution in [3.8, 4) is 0 Å². The van der Waals surface area contributed by atoms with Gasteiger partial charge in [0.15, 0.2) is 0 Å². The third-order valence-electron chi connectivity index (χ3n) is 9.47. The maximum absolute atomic E-state index is 12.2. The van der Waals surface area contributed by atoms with E-state index < -0.39 is 6.10 Å². The van der Waals surface area contributed by atoms with E-state index in [-0.39, 0.29) is 19.2 Å². The Balaban J connectivity index is 3.57. The van der Waals surface area contributed by atoms with Gasteiger partial charge in [-0.1, -0.05) is 199 Å². The molecule has 0 aromatic heterocycles. The fourth-order valence-corrected chi connectivity index (χ4v) is 6.00. The van der Waals surface area contributed by atoms with Crippen LogP contribution < -0.4 is 0 Å². The van der Waals surface area contributed by atoms with Crippen molar-refractivity contribution in [2.24, 2.45) is 0 Å². The van der Waals surface area contributed by atoms with E-state index in [1.807, 2.05) is 0 Å². The molecule has 0 fully saturated rings. The first-order valence-electron chi connectivity index (χ1n) is 23.8. The molecule has 0 aliphatic rings. The smallest absolute Gasteiger partial charge is 0.306 e. The summed E-state index contributed by atoms with van der Waals surface area (Å²) in [6.45, 7) is 5.05. The highest BCUT2D eigenvalue weighted by Crippen LogP contribution is 2.11. The van der Waals surface area contributed by atoms with Gasteiger partial charge in [-0.05, 0) is 109 Å². The van der Waals surface area contributed by atoms with Crippen molar-refractivity contribution in [1.82, 2.24) is 0 Å². The van der Waals surface area contributed by atoms with Crippen LogP contribution in [0.4, 0.5) is 0 Å². The first-order valence-corrected chi connectivity index (χ1v) is 23.8. The summed E-state index contributed by atoms with van der Waals surface area (Å²) in [4.78, 5) is 12.2. The first-order chi connectivity index (χ1) is 29.2. The van der Waals surface area contributed by atoms with Crippen molar-refractivity contribution >= 4 is 5.97 Å². The van der Waals surface area contributed by atoms with E-state index in [2.05, 4.69) is 148 Å². The van der Waals surface area contributed by atoms with Crippen molar-refractivity contribution in [2.45, 2.75) is 187 Å². The normalized spacial score (nSPS) is 13.6. The summed E-state index contributed by atoms with van der Waals surface area (Å²) in [6, 6.07) is 0. The highest BCUT2D eigenvalue weighted by atomic mass is 16.6. The Morgan fingerprint density at radius 2 is 0.712 bits per heavy atom. The van der Waals surface area contributed by atoms with Gasteiger partial charge in [-0.2, -0.15) is 0 Å². The average Bonchev–Trinajstić information content (AvgIpc) is 3.24. The van der Waals surface area contributed by atoms with Gasteiger partial charge in [0.1, 0.15) is 6.10 Å². The molecule has 0 heterocycles. The molecule has 4 heteroatoms. The maximum atomic E-state index is 12.2. The lowest BCUT2D eigenvalue weighted by Gasteiger charge is -2.15. The van der Waals surface area contributed by atoms with Gasteiger partial charge in [0.05, 0.1) is 13.2 Å². The predicted octanol–water partition coefficient (Wildman–Crippen LogP) is 16.2. The van der Waals surface area contributed by atoms with Crippen molar-refractivity contribution in [2.75, 3.05) is 19.8 Å². The minimum atomic E-state index is -0.563. The van der Waals surface area contributed by atoms with Gasteiger partial charge in [0, 0.05) is 13.0 Å². The molecule has 0 radical (unpaired) electrons. The van der Waals surface area contributed by atoms with Crippen LogP contribution in [0.25, 0.3) is 0 Å². The summed E-state index contributed by atoms with van der Waals surface area (Å²) in [6.07, 6.45) is 76.6. The molecule has 0 aromatic rings. The van der Waals surface area contributed by atoms with E-state index in [1.165, 1.54) is 51.4 Å². The third-order valence-corrected chi connectivity index (χ3v) is 9.47. The van der Waals surface area contributed by atoms with Gasteiger partial charge < -0.3 is 14.6 Å². The summed E-state index contributed by atoms with van der Waals surface area (Å²) in [7, 11) is 0. The maximum Gasteiger partial charge on any atom is 0.306 e. The van der Waals surface area contributed by atoms with Crippen molar-refractivity contribution in [3.63, 3.8) is 0 Å². The molecule has 0 spiro atoms. The monoisotopic (exact) mass is 813 g/mol. The number of hydrogen-bond donors (Lipinski definition) is 1. The van der Waals surface area contributed by atoms with Crippen molar-refractivity contribution in [1.29, 1.82) is 0 Å². The summed E-state index contributed by atoms with van der Waals surface area (Å²) in [5.41, 5.74) is 0. The topological polar surface area (TPSA) is 55.8 Å². The van der Waals surface area contributed by atoms with E-state index in [0.29, 0.717) is 13.0 Å². The highest BCUT2D eigenvalue weighted by Gasteiger charge is 2.13. The molecule has 0 amide bonds. The summed E-state index contributed by atoms with van der Waals surface area (Å²) in [5.74, 6) is -0.229. The van der Waals surface area contributed by atoms with Crippen LogP contribution in [0.1, 0.15) is 181 Å². The highest BCUT2D eigenvalue weighted by molar-refractivity contribution is 5.69. The van der Waals surface area contributed by atoms with Crippen molar-refractivity contribution in [3.05, 3.63) is 134 Å². The third kappa shape index (κ3) is 48.8. The zero-order valence-corrected chi connectivity index (χ0v) is 38.0. The minimum absolute atomic E-state index is 0.194. The molecular formula is C55H88O4. The first kappa shape index (κ1) is 55.5. The van der Waals surface area contributed by atoms with Gasteiger partial charge in [-0.3, -0.25) is 4.79 Å². The molecular weight excluding hydrogens is 725 g/mol. The molecule has 1 unspecified atom stereocenters. The molecule has 4 nitrogen and oxygen atoms in total. The van der Waals surface area contributed by atoms with Crippen LogP contribution in [0, 0.1) is 0 Å². The summed E-state index contributed by atoms with van der Waals surface area (Å²) >= 11 is 0. The van der Waals surface area contributed by atoms with E-state index in [0.717, 1.165) is 109 Å². The molecule has 0 rings (SSSR count). The Morgan fingerprint density at radius 1 is 0.407 bits per heavy atom.